The lowest BCUT2D eigenvalue weighted by Gasteiger charge is -2.14. The molecule has 0 aliphatic carbocycles. The van der Waals surface area contributed by atoms with Gasteiger partial charge in [-0.3, -0.25) is 4.79 Å². The number of aryl methyl sites for hydroxylation is 1. The second-order valence-corrected chi connectivity index (χ2v) is 7.68. The SMILES string of the molecule is COc1cc(-c2ccc(C(=O)C(OC)c3ccc(-c4ccc(C)o4)cc3)o2)cc(OC)c1C. The number of ketones is 1. The van der Waals surface area contributed by atoms with E-state index in [1.54, 1.807) is 26.4 Å². The van der Waals surface area contributed by atoms with Crippen LogP contribution in [-0.4, -0.2) is 27.1 Å². The van der Waals surface area contributed by atoms with Crippen LogP contribution in [0.1, 0.15) is 33.5 Å². The Kier molecular flexibility index (Phi) is 6.38. The van der Waals surface area contributed by atoms with Crippen molar-refractivity contribution in [2.45, 2.75) is 20.0 Å². The molecule has 0 bridgehead atoms. The summed E-state index contributed by atoms with van der Waals surface area (Å²) in [5.74, 6) is 3.45. The molecule has 0 aliphatic heterocycles. The van der Waals surface area contributed by atoms with Gasteiger partial charge in [0.2, 0.25) is 5.78 Å². The van der Waals surface area contributed by atoms with Crippen LogP contribution < -0.4 is 9.47 Å². The molecule has 4 rings (SSSR count). The Hall–Kier alpha value is -3.77. The Bertz CT molecular complexity index is 1240. The molecule has 0 N–H and O–H groups in total. The van der Waals surface area contributed by atoms with Gasteiger partial charge in [0.25, 0.3) is 0 Å². The topological polar surface area (TPSA) is 71.0 Å². The predicted molar refractivity (Wildman–Crippen MR) is 125 cm³/mol. The number of benzene rings is 2. The van der Waals surface area contributed by atoms with Gasteiger partial charge >= 0.3 is 0 Å². The summed E-state index contributed by atoms with van der Waals surface area (Å²) in [6, 6.07) is 18.5. The molecule has 0 aliphatic rings. The first-order valence-electron chi connectivity index (χ1n) is 10.5. The molecule has 0 radical (unpaired) electrons. The number of hydrogen-bond acceptors (Lipinski definition) is 6. The Labute approximate surface area is 192 Å². The van der Waals surface area contributed by atoms with Gasteiger partial charge < -0.3 is 23.0 Å². The number of carbonyl (C=O) groups is 1. The van der Waals surface area contributed by atoms with Gasteiger partial charge in [0.05, 0.1) is 14.2 Å². The maximum absolute atomic E-state index is 13.2. The summed E-state index contributed by atoms with van der Waals surface area (Å²) in [5, 5.41) is 0. The number of carbonyl (C=O) groups excluding carboxylic acids is 1. The van der Waals surface area contributed by atoms with E-state index < -0.39 is 6.10 Å². The largest absolute Gasteiger partial charge is 0.496 e. The van der Waals surface area contributed by atoms with E-state index in [-0.39, 0.29) is 11.5 Å². The normalized spacial score (nSPS) is 11.9. The van der Waals surface area contributed by atoms with E-state index in [2.05, 4.69) is 0 Å². The third-order valence-electron chi connectivity index (χ3n) is 5.60. The highest BCUT2D eigenvalue weighted by atomic mass is 16.5. The zero-order valence-electron chi connectivity index (χ0n) is 19.3. The van der Waals surface area contributed by atoms with Gasteiger partial charge in [-0.1, -0.05) is 24.3 Å². The Balaban J connectivity index is 1.59. The van der Waals surface area contributed by atoms with Crippen LogP contribution in [0, 0.1) is 13.8 Å². The maximum Gasteiger partial charge on any atom is 0.231 e. The van der Waals surface area contributed by atoms with Gasteiger partial charge in [-0.25, -0.2) is 0 Å². The molecule has 33 heavy (non-hydrogen) atoms. The molecular formula is C27H26O6. The molecule has 6 nitrogen and oxygen atoms in total. The molecule has 6 heteroatoms. The molecule has 0 fully saturated rings. The fraction of sp³-hybridized carbons (Fsp3) is 0.222. The molecule has 0 spiro atoms. The molecule has 0 amide bonds. The smallest absolute Gasteiger partial charge is 0.231 e. The number of Topliss-reactive ketones (excluding diaryl/α,β-unsaturated/α-hetero) is 1. The van der Waals surface area contributed by atoms with Crippen molar-refractivity contribution in [1.82, 2.24) is 0 Å². The molecule has 170 valence electrons. The second-order valence-electron chi connectivity index (χ2n) is 7.68. The van der Waals surface area contributed by atoms with Gasteiger partial charge in [-0.05, 0) is 55.8 Å². The highest BCUT2D eigenvalue weighted by molar-refractivity contribution is 5.98. The lowest BCUT2D eigenvalue weighted by atomic mass is 10.0. The number of methoxy groups -OCH3 is 3. The first-order valence-corrected chi connectivity index (χ1v) is 10.5. The van der Waals surface area contributed by atoms with Crippen molar-refractivity contribution in [3.05, 3.63) is 83.3 Å². The summed E-state index contributed by atoms with van der Waals surface area (Å²) in [7, 11) is 4.71. The minimum absolute atomic E-state index is 0.209. The van der Waals surface area contributed by atoms with Crippen molar-refractivity contribution in [3.63, 3.8) is 0 Å². The fourth-order valence-corrected chi connectivity index (χ4v) is 3.79. The summed E-state index contributed by atoms with van der Waals surface area (Å²) >= 11 is 0. The van der Waals surface area contributed by atoms with Crippen LogP contribution in [0.4, 0.5) is 0 Å². The fourth-order valence-electron chi connectivity index (χ4n) is 3.79. The van der Waals surface area contributed by atoms with E-state index in [0.29, 0.717) is 17.3 Å². The second kappa shape index (κ2) is 9.38. The lowest BCUT2D eigenvalue weighted by Crippen LogP contribution is -2.14. The zero-order chi connectivity index (χ0) is 23.5. The standard InChI is InChI=1S/C27H26O6/c1-16-6-11-21(32-16)18-7-9-19(10-8-18)27(31-5)26(28)23-13-12-22(33-23)20-14-24(29-3)17(2)25(15-20)30-4/h6-15,27H,1-5H3. The van der Waals surface area contributed by atoms with Crippen LogP contribution in [-0.2, 0) is 4.74 Å². The maximum atomic E-state index is 13.2. The summed E-state index contributed by atoms with van der Waals surface area (Å²) in [6.07, 6.45) is -0.793. The quantitative estimate of drug-likeness (QED) is 0.291. The summed E-state index contributed by atoms with van der Waals surface area (Å²) in [4.78, 5) is 13.2. The van der Waals surface area contributed by atoms with E-state index in [4.69, 9.17) is 23.0 Å². The number of hydrogen-bond donors (Lipinski definition) is 0. The van der Waals surface area contributed by atoms with E-state index in [1.807, 2.05) is 62.4 Å². The predicted octanol–water partition coefficient (Wildman–Crippen LogP) is 6.41. The van der Waals surface area contributed by atoms with Crippen molar-refractivity contribution in [2.24, 2.45) is 0 Å². The zero-order valence-corrected chi connectivity index (χ0v) is 19.3. The summed E-state index contributed by atoms with van der Waals surface area (Å²) < 4.78 is 28.0. The first kappa shape index (κ1) is 22.4. The van der Waals surface area contributed by atoms with E-state index >= 15 is 0 Å². The molecular weight excluding hydrogens is 420 g/mol. The van der Waals surface area contributed by atoms with Gasteiger partial charge in [0.15, 0.2) is 5.76 Å². The van der Waals surface area contributed by atoms with Crippen LogP contribution >= 0.6 is 0 Å². The Morgan fingerprint density at radius 3 is 1.91 bits per heavy atom. The van der Waals surface area contributed by atoms with Gasteiger partial charge in [-0.15, -0.1) is 0 Å². The molecule has 2 aromatic carbocycles. The van der Waals surface area contributed by atoms with Crippen molar-refractivity contribution in [1.29, 1.82) is 0 Å². The Morgan fingerprint density at radius 2 is 1.36 bits per heavy atom. The van der Waals surface area contributed by atoms with Gasteiger partial charge in [0, 0.05) is 23.8 Å². The highest BCUT2D eigenvalue weighted by Gasteiger charge is 2.25. The van der Waals surface area contributed by atoms with Crippen molar-refractivity contribution in [2.75, 3.05) is 21.3 Å². The molecule has 1 unspecified atom stereocenters. The minimum atomic E-state index is -0.793. The number of rotatable bonds is 8. The average Bonchev–Trinajstić information content (AvgIpc) is 3.50. The molecule has 1 atom stereocenters. The van der Waals surface area contributed by atoms with Gasteiger partial charge in [0.1, 0.15) is 34.9 Å². The molecule has 0 saturated carbocycles. The van der Waals surface area contributed by atoms with Crippen LogP contribution in [0.15, 0.2) is 69.5 Å². The number of furan rings is 2. The van der Waals surface area contributed by atoms with Crippen molar-refractivity contribution in [3.8, 4) is 34.1 Å². The molecule has 4 aromatic rings. The molecule has 2 heterocycles. The van der Waals surface area contributed by atoms with Crippen LogP contribution in [0.25, 0.3) is 22.6 Å². The third kappa shape index (κ3) is 4.43. The summed E-state index contributed by atoms with van der Waals surface area (Å²) in [5.41, 5.74) is 3.29. The van der Waals surface area contributed by atoms with E-state index in [9.17, 15) is 4.79 Å². The molecule has 0 saturated heterocycles. The molecule has 2 aromatic heterocycles. The monoisotopic (exact) mass is 446 g/mol. The highest BCUT2D eigenvalue weighted by Crippen LogP contribution is 2.36. The first-order chi connectivity index (χ1) is 15.9. The van der Waals surface area contributed by atoms with Crippen molar-refractivity contribution >= 4 is 5.78 Å². The van der Waals surface area contributed by atoms with Crippen molar-refractivity contribution < 1.29 is 27.8 Å². The average molecular weight is 446 g/mol. The van der Waals surface area contributed by atoms with E-state index in [0.717, 1.165) is 33.8 Å². The summed E-state index contributed by atoms with van der Waals surface area (Å²) in [6.45, 7) is 3.82. The lowest BCUT2D eigenvalue weighted by molar-refractivity contribution is 0.0577. The van der Waals surface area contributed by atoms with Crippen LogP contribution in [0.3, 0.4) is 0 Å². The Morgan fingerprint density at radius 1 is 0.758 bits per heavy atom. The number of ether oxygens (including phenoxy) is 3. The van der Waals surface area contributed by atoms with E-state index in [1.165, 1.54) is 7.11 Å². The van der Waals surface area contributed by atoms with Crippen LogP contribution in [0.2, 0.25) is 0 Å². The van der Waals surface area contributed by atoms with Crippen LogP contribution in [0.5, 0.6) is 11.5 Å². The van der Waals surface area contributed by atoms with Gasteiger partial charge in [-0.2, -0.15) is 0 Å². The third-order valence-corrected chi connectivity index (χ3v) is 5.60. The minimum Gasteiger partial charge on any atom is -0.496 e.